The van der Waals surface area contributed by atoms with Gasteiger partial charge in [0.05, 0.1) is 0 Å². The van der Waals surface area contributed by atoms with Gasteiger partial charge < -0.3 is 5.32 Å². The average molecular weight is 231 g/mol. The Morgan fingerprint density at radius 1 is 1.43 bits per heavy atom. The maximum atomic E-state index is 5.78. The van der Waals surface area contributed by atoms with Gasteiger partial charge in [-0.3, -0.25) is 0 Å². The standard InChI is InChI=1S/C10H15ClN2S/c1-10(5-3-2-4-6-10)13-9-12-8(11)7-14-9/h7H,2-6H2,1H3,(H,12,13). The molecule has 1 heterocycles. The highest BCUT2D eigenvalue weighted by Crippen LogP contribution is 2.32. The van der Waals surface area contributed by atoms with Crippen molar-refractivity contribution in [3.8, 4) is 0 Å². The van der Waals surface area contributed by atoms with Crippen molar-refractivity contribution in [1.82, 2.24) is 4.98 Å². The molecule has 0 radical (unpaired) electrons. The van der Waals surface area contributed by atoms with E-state index < -0.39 is 0 Å². The predicted molar refractivity (Wildman–Crippen MR) is 62.2 cm³/mol. The molecule has 0 aromatic carbocycles. The number of aromatic nitrogens is 1. The summed E-state index contributed by atoms with van der Waals surface area (Å²) in [7, 11) is 0. The molecule has 0 bridgehead atoms. The van der Waals surface area contributed by atoms with E-state index in [1.54, 1.807) is 11.3 Å². The number of rotatable bonds is 2. The van der Waals surface area contributed by atoms with E-state index in [2.05, 4.69) is 17.2 Å². The number of halogens is 1. The Hall–Kier alpha value is -0.280. The molecule has 4 heteroatoms. The Morgan fingerprint density at radius 2 is 2.14 bits per heavy atom. The fraction of sp³-hybridized carbons (Fsp3) is 0.700. The molecule has 78 valence electrons. The molecule has 0 aliphatic heterocycles. The molecule has 1 aliphatic carbocycles. The summed E-state index contributed by atoms with van der Waals surface area (Å²) in [6, 6.07) is 0. The first kappa shape index (κ1) is 10.2. The van der Waals surface area contributed by atoms with E-state index in [1.165, 1.54) is 32.1 Å². The van der Waals surface area contributed by atoms with Crippen LogP contribution in [0, 0.1) is 0 Å². The number of anilines is 1. The summed E-state index contributed by atoms with van der Waals surface area (Å²) in [5.41, 5.74) is 0.236. The van der Waals surface area contributed by atoms with Crippen molar-refractivity contribution in [2.45, 2.75) is 44.6 Å². The third-order valence-corrected chi connectivity index (χ3v) is 3.92. The third kappa shape index (κ3) is 2.39. The molecular weight excluding hydrogens is 216 g/mol. The topological polar surface area (TPSA) is 24.9 Å². The number of nitrogens with zero attached hydrogens (tertiary/aromatic N) is 1. The Kier molecular flexibility index (Phi) is 2.98. The lowest BCUT2D eigenvalue weighted by molar-refractivity contribution is 0.349. The number of nitrogens with one attached hydrogen (secondary N) is 1. The van der Waals surface area contributed by atoms with Crippen molar-refractivity contribution in [3.63, 3.8) is 0 Å². The van der Waals surface area contributed by atoms with E-state index in [0.29, 0.717) is 5.15 Å². The minimum Gasteiger partial charge on any atom is -0.356 e. The van der Waals surface area contributed by atoms with Crippen LogP contribution in [0.1, 0.15) is 39.0 Å². The number of hydrogen-bond acceptors (Lipinski definition) is 3. The fourth-order valence-electron chi connectivity index (χ4n) is 2.03. The molecular formula is C10H15ClN2S. The Labute approximate surface area is 93.7 Å². The van der Waals surface area contributed by atoms with Crippen molar-refractivity contribution >= 4 is 28.1 Å². The van der Waals surface area contributed by atoms with Crippen LogP contribution in [-0.2, 0) is 0 Å². The van der Waals surface area contributed by atoms with Crippen LogP contribution in [0.3, 0.4) is 0 Å². The lowest BCUT2D eigenvalue weighted by Crippen LogP contribution is -2.36. The monoisotopic (exact) mass is 230 g/mol. The maximum Gasteiger partial charge on any atom is 0.184 e. The Balaban J connectivity index is 2.01. The second kappa shape index (κ2) is 4.07. The van der Waals surface area contributed by atoms with Gasteiger partial charge in [0.25, 0.3) is 0 Å². The largest absolute Gasteiger partial charge is 0.356 e. The zero-order chi connectivity index (χ0) is 10.0. The smallest absolute Gasteiger partial charge is 0.184 e. The molecule has 14 heavy (non-hydrogen) atoms. The van der Waals surface area contributed by atoms with Crippen LogP contribution in [-0.4, -0.2) is 10.5 Å². The highest BCUT2D eigenvalue weighted by molar-refractivity contribution is 7.14. The van der Waals surface area contributed by atoms with Crippen LogP contribution in [0.25, 0.3) is 0 Å². The van der Waals surface area contributed by atoms with Crippen molar-refractivity contribution in [3.05, 3.63) is 10.5 Å². The van der Waals surface area contributed by atoms with Gasteiger partial charge in [-0.15, -0.1) is 11.3 Å². The van der Waals surface area contributed by atoms with Gasteiger partial charge in [0, 0.05) is 10.9 Å². The normalized spacial score (nSPS) is 20.7. The number of hydrogen-bond donors (Lipinski definition) is 1. The molecule has 0 amide bonds. The lowest BCUT2D eigenvalue weighted by Gasteiger charge is -2.34. The highest BCUT2D eigenvalue weighted by Gasteiger charge is 2.27. The molecule has 1 aromatic rings. The second-order valence-electron chi connectivity index (χ2n) is 4.22. The van der Waals surface area contributed by atoms with Gasteiger partial charge in [-0.05, 0) is 19.8 Å². The molecule has 1 aromatic heterocycles. The van der Waals surface area contributed by atoms with E-state index >= 15 is 0 Å². The van der Waals surface area contributed by atoms with Gasteiger partial charge in [-0.25, -0.2) is 4.98 Å². The first-order valence-electron chi connectivity index (χ1n) is 5.07. The highest BCUT2D eigenvalue weighted by atomic mass is 35.5. The van der Waals surface area contributed by atoms with E-state index in [4.69, 9.17) is 11.6 Å². The summed E-state index contributed by atoms with van der Waals surface area (Å²) in [6.07, 6.45) is 6.50. The predicted octanol–water partition coefficient (Wildman–Crippen LogP) is 3.93. The van der Waals surface area contributed by atoms with Gasteiger partial charge in [-0.1, -0.05) is 30.9 Å². The molecule has 2 nitrogen and oxygen atoms in total. The summed E-state index contributed by atoms with van der Waals surface area (Å²) in [5, 5.41) is 6.92. The second-order valence-corrected chi connectivity index (χ2v) is 5.47. The van der Waals surface area contributed by atoms with Crippen LogP contribution in [0.2, 0.25) is 5.15 Å². The summed E-state index contributed by atoms with van der Waals surface area (Å²) in [5.74, 6) is 0. The zero-order valence-corrected chi connectivity index (χ0v) is 9.92. The van der Waals surface area contributed by atoms with Crippen molar-refractivity contribution in [2.75, 3.05) is 5.32 Å². The minimum atomic E-state index is 0.236. The minimum absolute atomic E-state index is 0.236. The maximum absolute atomic E-state index is 5.78. The van der Waals surface area contributed by atoms with E-state index in [9.17, 15) is 0 Å². The molecule has 0 unspecified atom stereocenters. The first-order chi connectivity index (χ1) is 6.68. The quantitative estimate of drug-likeness (QED) is 0.833. The van der Waals surface area contributed by atoms with Gasteiger partial charge in [0.1, 0.15) is 5.15 Å². The summed E-state index contributed by atoms with van der Waals surface area (Å²) >= 11 is 7.37. The van der Waals surface area contributed by atoms with E-state index in [0.717, 1.165) is 5.13 Å². The van der Waals surface area contributed by atoms with E-state index in [1.807, 2.05) is 5.38 Å². The third-order valence-electron chi connectivity index (χ3n) is 2.84. The van der Waals surface area contributed by atoms with Crippen LogP contribution in [0.5, 0.6) is 0 Å². The SMILES string of the molecule is CC1(Nc2nc(Cl)cs2)CCCCC1. The summed E-state index contributed by atoms with van der Waals surface area (Å²) in [6.45, 7) is 2.28. The molecule has 1 fully saturated rings. The zero-order valence-electron chi connectivity index (χ0n) is 8.35. The van der Waals surface area contributed by atoms with Crippen molar-refractivity contribution in [2.24, 2.45) is 0 Å². The van der Waals surface area contributed by atoms with Gasteiger partial charge in [0.2, 0.25) is 0 Å². The number of thiazole rings is 1. The van der Waals surface area contributed by atoms with Crippen molar-refractivity contribution in [1.29, 1.82) is 0 Å². The molecule has 1 aliphatic rings. The summed E-state index contributed by atoms with van der Waals surface area (Å²) < 4.78 is 0. The van der Waals surface area contributed by atoms with Gasteiger partial charge in [0.15, 0.2) is 5.13 Å². The first-order valence-corrected chi connectivity index (χ1v) is 6.33. The Bertz CT molecular complexity index is 305. The lowest BCUT2D eigenvalue weighted by atomic mass is 9.83. The van der Waals surface area contributed by atoms with Crippen LogP contribution < -0.4 is 5.32 Å². The molecule has 0 atom stereocenters. The van der Waals surface area contributed by atoms with E-state index in [-0.39, 0.29) is 5.54 Å². The fourth-order valence-corrected chi connectivity index (χ4v) is 3.01. The molecule has 2 rings (SSSR count). The molecule has 0 spiro atoms. The molecule has 1 saturated carbocycles. The molecule has 0 saturated heterocycles. The van der Waals surface area contributed by atoms with Crippen LogP contribution in [0.4, 0.5) is 5.13 Å². The summed E-state index contributed by atoms with van der Waals surface area (Å²) in [4.78, 5) is 4.22. The van der Waals surface area contributed by atoms with Gasteiger partial charge >= 0.3 is 0 Å². The van der Waals surface area contributed by atoms with Crippen LogP contribution in [0.15, 0.2) is 5.38 Å². The molecule has 1 N–H and O–H groups in total. The van der Waals surface area contributed by atoms with Gasteiger partial charge in [-0.2, -0.15) is 0 Å². The van der Waals surface area contributed by atoms with Crippen LogP contribution >= 0.6 is 22.9 Å². The average Bonchev–Trinajstić information content (AvgIpc) is 2.51. The Morgan fingerprint density at radius 3 is 2.71 bits per heavy atom. The van der Waals surface area contributed by atoms with Crippen molar-refractivity contribution < 1.29 is 0 Å².